The maximum Gasteiger partial charge on any atom is 0 e. The topological polar surface area (TPSA) is 0 Å². The molecule has 6 rings (SSSR count). The van der Waals surface area contributed by atoms with Gasteiger partial charge in [0.1, 0.15) is 0 Å². The van der Waals surface area contributed by atoms with Crippen molar-refractivity contribution in [1.82, 2.24) is 0 Å². The van der Waals surface area contributed by atoms with Crippen LogP contribution in [0.25, 0.3) is 17.2 Å². The third-order valence-corrected chi connectivity index (χ3v) is 8.55. The van der Waals surface area contributed by atoms with Gasteiger partial charge in [0.15, 0.2) is 0 Å². The second kappa shape index (κ2) is 10.0. The largest absolute Gasteiger partial charge is 0.123 e. The molecule has 4 aliphatic rings. The minimum atomic E-state index is 0. The fraction of sp³-hybridized carbons (Fsp3) is 0.438. The second-order valence-corrected chi connectivity index (χ2v) is 10.5. The molecule has 168 valence electrons. The van der Waals surface area contributed by atoms with Gasteiger partial charge in [-0.1, -0.05) is 109 Å². The summed E-state index contributed by atoms with van der Waals surface area (Å²) >= 11 is 0. The standard InChI is InChI=1S/C32H35.Zr/c1-22-11-10-18-26(22)32-29(20-19-28-27-17-9-8-16-25(27)21-30(28)32)31(23-12-4-2-5-13-23)24-14-6-3-7-15-24;/h8-11,16-17,19-20,23-24H,2-7,12-15,18H2,1H3;/q-1;. The van der Waals surface area contributed by atoms with Crippen LogP contribution in [0.2, 0.25) is 0 Å². The van der Waals surface area contributed by atoms with Crippen LogP contribution in [-0.4, -0.2) is 0 Å². The summed E-state index contributed by atoms with van der Waals surface area (Å²) in [7, 11) is 0. The van der Waals surface area contributed by atoms with Crippen LogP contribution in [0.1, 0.15) is 88.7 Å². The van der Waals surface area contributed by atoms with Gasteiger partial charge in [-0.25, -0.2) is 0 Å². The van der Waals surface area contributed by atoms with E-state index in [1.165, 1.54) is 96.6 Å². The van der Waals surface area contributed by atoms with Crippen molar-refractivity contribution in [2.75, 3.05) is 0 Å². The Hall–Kier alpha value is -1.46. The molecule has 33 heavy (non-hydrogen) atoms. The summed E-state index contributed by atoms with van der Waals surface area (Å²) in [4.78, 5) is 0. The van der Waals surface area contributed by atoms with Crippen molar-refractivity contribution in [1.29, 1.82) is 0 Å². The zero-order chi connectivity index (χ0) is 21.5. The Morgan fingerprint density at radius 2 is 1.45 bits per heavy atom. The molecule has 0 atom stereocenters. The third-order valence-electron chi connectivity index (χ3n) is 8.55. The molecule has 0 radical (unpaired) electrons. The minimum Gasteiger partial charge on any atom is -0.123 e. The van der Waals surface area contributed by atoms with Gasteiger partial charge in [0.2, 0.25) is 0 Å². The number of rotatable bonds is 3. The van der Waals surface area contributed by atoms with Gasteiger partial charge in [-0.15, -0.1) is 33.4 Å². The molecular weight excluding hydrogens is 476 g/mol. The first kappa shape index (κ1) is 23.3. The molecule has 0 aliphatic heterocycles. The fourth-order valence-corrected chi connectivity index (χ4v) is 6.99. The third kappa shape index (κ3) is 4.25. The first-order valence-corrected chi connectivity index (χ1v) is 13.1. The SMILES string of the molecule is CC1=C(c2c3c(ccc2=C(C2CCCCC2)C2CCCCC2)=c2ccccc2=[C-]3)CC=C1.[Zr]. The molecule has 0 heterocycles. The predicted octanol–water partition coefficient (Wildman–Crippen LogP) is 7.03. The van der Waals surface area contributed by atoms with E-state index in [1.54, 1.807) is 10.8 Å². The van der Waals surface area contributed by atoms with Gasteiger partial charge < -0.3 is 0 Å². The average molecular weight is 511 g/mol. The summed E-state index contributed by atoms with van der Waals surface area (Å²) in [5.41, 5.74) is 7.70. The Morgan fingerprint density at radius 1 is 0.788 bits per heavy atom. The number of benzene rings is 2. The zero-order valence-corrected chi connectivity index (χ0v) is 22.5. The Bertz CT molecular complexity index is 1290. The van der Waals surface area contributed by atoms with Crippen molar-refractivity contribution in [2.45, 2.75) is 77.6 Å². The van der Waals surface area contributed by atoms with Crippen LogP contribution >= 0.6 is 0 Å². The quantitative estimate of drug-likeness (QED) is 0.332. The van der Waals surface area contributed by atoms with Crippen molar-refractivity contribution in [2.24, 2.45) is 11.8 Å². The fourth-order valence-electron chi connectivity index (χ4n) is 6.99. The Morgan fingerprint density at radius 3 is 2.09 bits per heavy atom. The maximum absolute atomic E-state index is 3.87. The summed E-state index contributed by atoms with van der Waals surface area (Å²) in [6, 6.07) is 13.8. The van der Waals surface area contributed by atoms with Crippen LogP contribution in [0, 0.1) is 22.3 Å². The van der Waals surface area contributed by atoms with E-state index in [0.717, 1.165) is 18.3 Å². The molecule has 2 aromatic rings. The summed E-state index contributed by atoms with van der Waals surface area (Å²) in [5, 5.41) is 5.59. The molecule has 0 amide bonds. The molecule has 1 heteroatoms. The van der Waals surface area contributed by atoms with Gasteiger partial charge in [-0.2, -0.15) is 0 Å². The normalized spacial score (nSPS) is 20.3. The summed E-state index contributed by atoms with van der Waals surface area (Å²) in [6.07, 6.45) is 23.7. The van der Waals surface area contributed by atoms with Crippen LogP contribution in [0.3, 0.4) is 0 Å². The number of allylic oxidation sites excluding steroid dienone is 4. The molecule has 0 spiro atoms. The molecule has 0 N–H and O–H groups in total. The molecule has 2 saturated carbocycles. The summed E-state index contributed by atoms with van der Waals surface area (Å²) < 4.78 is 0. The number of hydrogen-bond donors (Lipinski definition) is 0. The van der Waals surface area contributed by atoms with E-state index in [9.17, 15) is 0 Å². The van der Waals surface area contributed by atoms with E-state index >= 15 is 0 Å². The van der Waals surface area contributed by atoms with Crippen molar-refractivity contribution < 1.29 is 26.2 Å². The van der Waals surface area contributed by atoms with Gasteiger partial charge >= 0.3 is 0 Å². The van der Waals surface area contributed by atoms with Crippen molar-refractivity contribution in [3.63, 3.8) is 0 Å². The van der Waals surface area contributed by atoms with Crippen LogP contribution in [-0.2, 0) is 26.2 Å². The summed E-state index contributed by atoms with van der Waals surface area (Å²) in [6.45, 7) is 2.31. The molecule has 4 aliphatic carbocycles. The average Bonchev–Trinajstić information content (AvgIpc) is 3.44. The molecule has 0 saturated heterocycles. The van der Waals surface area contributed by atoms with Crippen molar-refractivity contribution in [3.8, 4) is 0 Å². The van der Waals surface area contributed by atoms with Crippen molar-refractivity contribution in [3.05, 3.63) is 86.1 Å². The molecular formula is C32H35Zr-. The van der Waals surface area contributed by atoms with E-state index in [1.807, 2.05) is 5.57 Å². The Balaban J connectivity index is 0.00000228. The van der Waals surface area contributed by atoms with E-state index in [0.29, 0.717) is 0 Å². The molecule has 0 bridgehead atoms. The summed E-state index contributed by atoms with van der Waals surface area (Å²) in [5.74, 6) is 1.56. The van der Waals surface area contributed by atoms with Gasteiger partial charge in [0.05, 0.1) is 0 Å². The first-order valence-electron chi connectivity index (χ1n) is 13.1. The first-order chi connectivity index (χ1) is 15.8. The van der Waals surface area contributed by atoms with Gasteiger partial charge in [0.25, 0.3) is 0 Å². The second-order valence-electron chi connectivity index (χ2n) is 10.5. The van der Waals surface area contributed by atoms with Crippen LogP contribution in [0.15, 0.2) is 54.1 Å². The molecule has 0 nitrogen and oxygen atoms in total. The number of fused-ring (bicyclic) bond motifs is 2. The smallest absolute Gasteiger partial charge is 0 e. The van der Waals surface area contributed by atoms with Gasteiger partial charge in [-0.3, -0.25) is 0 Å². The molecule has 2 aromatic carbocycles. The maximum atomic E-state index is 3.87. The molecule has 2 fully saturated rings. The van der Waals surface area contributed by atoms with E-state index in [-0.39, 0.29) is 26.2 Å². The van der Waals surface area contributed by atoms with Crippen molar-refractivity contribution >= 4 is 17.2 Å². The number of hydrogen-bond acceptors (Lipinski definition) is 0. The van der Waals surface area contributed by atoms with E-state index in [4.69, 9.17) is 0 Å². The minimum absolute atomic E-state index is 0. The Kier molecular flexibility index (Phi) is 7.08. The zero-order valence-electron chi connectivity index (χ0n) is 20.1. The van der Waals surface area contributed by atoms with Gasteiger partial charge in [-0.05, 0) is 50.9 Å². The van der Waals surface area contributed by atoms with Gasteiger partial charge in [0, 0.05) is 26.2 Å². The monoisotopic (exact) mass is 509 g/mol. The predicted molar refractivity (Wildman–Crippen MR) is 135 cm³/mol. The molecule has 0 aromatic heterocycles. The van der Waals surface area contributed by atoms with Crippen LogP contribution in [0.4, 0.5) is 0 Å². The molecule has 0 unspecified atom stereocenters. The van der Waals surface area contributed by atoms with E-state index in [2.05, 4.69) is 61.5 Å². The van der Waals surface area contributed by atoms with Crippen LogP contribution in [0.5, 0.6) is 0 Å². The van der Waals surface area contributed by atoms with E-state index < -0.39 is 0 Å². The van der Waals surface area contributed by atoms with Crippen LogP contribution < -0.4 is 10.4 Å². The Labute approximate surface area is 218 Å².